The molecule has 1 unspecified atom stereocenters. The lowest BCUT2D eigenvalue weighted by atomic mass is 10.1. The number of hydrogen-bond acceptors (Lipinski definition) is 5. The van der Waals surface area contributed by atoms with Gasteiger partial charge in [0.1, 0.15) is 0 Å². The number of nitro benzene ring substituents is 1. The van der Waals surface area contributed by atoms with E-state index in [1.165, 1.54) is 6.07 Å². The van der Waals surface area contributed by atoms with Crippen LogP contribution < -0.4 is 4.90 Å². The molecule has 6 nitrogen and oxygen atoms in total. The van der Waals surface area contributed by atoms with Gasteiger partial charge < -0.3 is 14.7 Å². The van der Waals surface area contributed by atoms with Crippen molar-refractivity contribution < 1.29 is 14.8 Å². The highest BCUT2D eigenvalue weighted by Gasteiger charge is 2.21. The van der Waals surface area contributed by atoms with Gasteiger partial charge in [0.25, 0.3) is 5.69 Å². The highest BCUT2D eigenvalue weighted by atomic mass is 16.6. The van der Waals surface area contributed by atoms with Gasteiger partial charge in [-0.3, -0.25) is 10.1 Å². The summed E-state index contributed by atoms with van der Waals surface area (Å²) in [5, 5.41) is 20.1. The zero-order valence-electron chi connectivity index (χ0n) is 10.9. The monoisotopic (exact) mass is 266 g/mol. The third kappa shape index (κ3) is 3.02. The van der Waals surface area contributed by atoms with E-state index in [0.29, 0.717) is 12.2 Å². The van der Waals surface area contributed by atoms with E-state index in [2.05, 4.69) is 11.8 Å². The lowest BCUT2D eigenvalue weighted by Crippen LogP contribution is -2.42. The number of nitro groups is 1. The van der Waals surface area contributed by atoms with Crippen LogP contribution in [0.15, 0.2) is 18.2 Å². The van der Waals surface area contributed by atoms with E-state index in [0.717, 1.165) is 25.2 Å². The van der Waals surface area contributed by atoms with E-state index in [1.807, 2.05) is 0 Å². The largest absolute Gasteiger partial charge is 0.391 e. The second kappa shape index (κ2) is 5.99. The topological polar surface area (TPSA) is 75.8 Å². The van der Waals surface area contributed by atoms with E-state index in [1.54, 1.807) is 12.1 Å². The first kappa shape index (κ1) is 13.8. The van der Waals surface area contributed by atoms with Crippen LogP contribution in [-0.2, 0) is 11.3 Å². The van der Waals surface area contributed by atoms with Gasteiger partial charge in [-0.25, -0.2) is 0 Å². The Labute approximate surface area is 111 Å². The molecule has 1 aliphatic rings. The van der Waals surface area contributed by atoms with Crippen LogP contribution in [0.25, 0.3) is 0 Å². The van der Waals surface area contributed by atoms with Gasteiger partial charge in [0.15, 0.2) is 0 Å². The standard InChI is InChI=1S/C13H18N2O4/c1-2-12-8-14(5-6-19-12)11-3-4-13(15(17)18)10(7-11)9-16/h3-4,7,12,16H,2,5-6,8-9H2,1H3. The lowest BCUT2D eigenvalue weighted by Gasteiger charge is -2.34. The lowest BCUT2D eigenvalue weighted by molar-refractivity contribution is -0.385. The van der Waals surface area contributed by atoms with Crippen molar-refractivity contribution in [1.29, 1.82) is 0 Å². The molecule has 1 atom stereocenters. The Morgan fingerprint density at radius 2 is 2.37 bits per heavy atom. The minimum Gasteiger partial charge on any atom is -0.391 e. The summed E-state index contributed by atoms with van der Waals surface area (Å²) in [5.41, 5.74) is 1.21. The summed E-state index contributed by atoms with van der Waals surface area (Å²) in [6, 6.07) is 4.88. The SMILES string of the molecule is CCC1CN(c2ccc([N+](=O)[O-])c(CO)c2)CCO1. The molecule has 6 heteroatoms. The highest BCUT2D eigenvalue weighted by molar-refractivity contribution is 5.55. The number of aliphatic hydroxyl groups excluding tert-OH is 1. The molecule has 1 aromatic carbocycles. The Morgan fingerprint density at radius 3 is 3.00 bits per heavy atom. The molecule has 2 rings (SSSR count). The number of rotatable bonds is 4. The normalized spacial score (nSPS) is 19.5. The fourth-order valence-electron chi connectivity index (χ4n) is 2.27. The van der Waals surface area contributed by atoms with Gasteiger partial charge in [-0.05, 0) is 18.6 Å². The van der Waals surface area contributed by atoms with Gasteiger partial charge in [0.05, 0.1) is 29.8 Å². The molecule has 1 aliphatic heterocycles. The third-order valence-electron chi connectivity index (χ3n) is 3.39. The van der Waals surface area contributed by atoms with E-state index >= 15 is 0 Å². The highest BCUT2D eigenvalue weighted by Crippen LogP contribution is 2.26. The summed E-state index contributed by atoms with van der Waals surface area (Å²) in [6.07, 6.45) is 1.14. The van der Waals surface area contributed by atoms with Crippen molar-refractivity contribution in [2.24, 2.45) is 0 Å². The average Bonchev–Trinajstić information content (AvgIpc) is 2.46. The molecular weight excluding hydrogens is 248 g/mol. The van der Waals surface area contributed by atoms with Crippen LogP contribution in [0.2, 0.25) is 0 Å². The van der Waals surface area contributed by atoms with Crippen molar-refractivity contribution in [3.63, 3.8) is 0 Å². The Kier molecular flexibility index (Phi) is 4.34. The van der Waals surface area contributed by atoms with E-state index in [9.17, 15) is 15.2 Å². The molecule has 1 heterocycles. The van der Waals surface area contributed by atoms with Gasteiger partial charge in [-0.1, -0.05) is 6.92 Å². The average molecular weight is 266 g/mol. The second-order valence-corrected chi connectivity index (χ2v) is 4.58. The summed E-state index contributed by atoms with van der Waals surface area (Å²) in [4.78, 5) is 12.5. The van der Waals surface area contributed by atoms with Crippen LogP contribution in [0, 0.1) is 10.1 Å². The predicted octanol–water partition coefficient (Wildman–Crippen LogP) is 1.70. The molecule has 1 aromatic rings. The van der Waals surface area contributed by atoms with Crippen molar-refractivity contribution in [3.05, 3.63) is 33.9 Å². The number of aliphatic hydroxyl groups is 1. The molecule has 0 saturated carbocycles. The van der Waals surface area contributed by atoms with Crippen LogP contribution in [0.5, 0.6) is 0 Å². The Bertz CT molecular complexity index is 464. The molecule has 1 fully saturated rings. The van der Waals surface area contributed by atoms with E-state index in [4.69, 9.17) is 4.74 Å². The zero-order chi connectivity index (χ0) is 13.8. The first-order valence-corrected chi connectivity index (χ1v) is 6.40. The van der Waals surface area contributed by atoms with Gasteiger partial charge in [-0.15, -0.1) is 0 Å². The predicted molar refractivity (Wildman–Crippen MR) is 71.3 cm³/mol. The molecule has 0 aliphatic carbocycles. The summed E-state index contributed by atoms with van der Waals surface area (Å²) in [6.45, 7) is 3.94. The minimum absolute atomic E-state index is 0.0356. The molecule has 0 bridgehead atoms. The number of anilines is 1. The summed E-state index contributed by atoms with van der Waals surface area (Å²) >= 11 is 0. The Morgan fingerprint density at radius 1 is 1.58 bits per heavy atom. The quantitative estimate of drug-likeness (QED) is 0.663. The van der Waals surface area contributed by atoms with Crippen LogP contribution in [-0.4, -0.2) is 35.8 Å². The number of hydrogen-bond donors (Lipinski definition) is 1. The fourth-order valence-corrected chi connectivity index (χ4v) is 2.27. The van der Waals surface area contributed by atoms with Gasteiger partial charge in [-0.2, -0.15) is 0 Å². The third-order valence-corrected chi connectivity index (χ3v) is 3.39. The molecule has 1 N–H and O–H groups in total. The van der Waals surface area contributed by atoms with E-state index in [-0.39, 0.29) is 18.4 Å². The first-order valence-electron chi connectivity index (χ1n) is 6.40. The van der Waals surface area contributed by atoms with E-state index < -0.39 is 4.92 Å². The van der Waals surface area contributed by atoms with Crippen molar-refractivity contribution in [2.45, 2.75) is 26.1 Å². The van der Waals surface area contributed by atoms with Crippen LogP contribution >= 0.6 is 0 Å². The van der Waals surface area contributed by atoms with Crippen molar-refractivity contribution >= 4 is 11.4 Å². The molecule has 0 radical (unpaired) electrons. The molecule has 0 aromatic heterocycles. The molecule has 0 spiro atoms. The molecule has 1 saturated heterocycles. The number of morpholine rings is 1. The molecule has 0 amide bonds. The van der Waals surface area contributed by atoms with Gasteiger partial charge in [0, 0.05) is 24.8 Å². The van der Waals surface area contributed by atoms with Crippen LogP contribution in [0.4, 0.5) is 11.4 Å². The second-order valence-electron chi connectivity index (χ2n) is 4.58. The summed E-state index contributed by atoms with van der Waals surface area (Å²) in [7, 11) is 0. The van der Waals surface area contributed by atoms with Crippen molar-refractivity contribution in [3.8, 4) is 0 Å². The molecular formula is C13H18N2O4. The van der Waals surface area contributed by atoms with Crippen LogP contribution in [0.1, 0.15) is 18.9 Å². The Hall–Kier alpha value is -1.66. The van der Waals surface area contributed by atoms with Gasteiger partial charge >= 0.3 is 0 Å². The minimum atomic E-state index is -0.469. The van der Waals surface area contributed by atoms with Crippen molar-refractivity contribution in [1.82, 2.24) is 0 Å². The molecule has 19 heavy (non-hydrogen) atoms. The zero-order valence-corrected chi connectivity index (χ0v) is 10.9. The number of benzene rings is 1. The summed E-state index contributed by atoms with van der Waals surface area (Å²) < 4.78 is 5.60. The van der Waals surface area contributed by atoms with Crippen molar-refractivity contribution in [2.75, 3.05) is 24.6 Å². The number of nitrogens with zero attached hydrogens (tertiary/aromatic N) is 2. The van der Waals surface area contributed by atoms with Gasteiger partial charge in [0.2, 0.25) is 0 Å². The fraction of sp³-hybridized carbons (Fsp3) is 0.538. The van der Waals surface area contributed by atoms with Crippen LogP contribution in [0.3, 0.4) is 0 Å². The first-order chi connectivity index (χ1) is 9.15. The maximum Gasteiger partial charge on any atom is 0.275 e. The Balaban J connectivity index is 2.23. The maximum atomic E-state index is 10.8. The number of ether oxygens (including phenoxy) is 1. The maximum absolute atomic E-state index is 10.8. The smallest absolute Gasteiger partial charge is 0.275 e. The molecule has 104 valence electrons. The summed E-state index contributed by atoms with van der Waals surface area (Å²) in [5.74, 6) is 0.